The summed E-state index contributed by atoms with van der Waals surface area (Å²) in [6.07, 6.45) is -0.684. The van der Waals surface area contributed by atoms with Crippen molar-refractivity contribution < 1.29 is 34.5 Å². The number of amides is 4. The summed E-state index contributed by atoms with van der Waals surface area (Å²) in [5.74, 6) is -2.75. The number of carbonyl (C=O) groups excluding carboxylic acids is 4. The van der Waals surface area contributed by atoms with Gasteiger partial charge < -0.3 is 35.8 Å². The van der Waals surface area contributed by atoms with Crippen molar-refractivity contribution in [3.8, 4) is 0 Å². The third kappa shape index (κ3) is 3.10. The van der Waals surface area contributed by atoms with Crippen LogP contribution in [0, 0.1) is 5.92 Å². The topological polar surface area (TPSA) is 166 Å². The first-order chi connectivity index (χ1) is 22.8. The highest BCUT2D eigenvalue weighted by Gasteiger charge is 2.85. The molecular weight excluding hydrogens is 657 g/mol. The molecule has 6 heterocycles. The lowest BCUT2D eigenvalue weighted by molar-refractivity contribution is -0.209. The Morgan fingerprint density at radius 1 is 0.917 bits per heavy atom. The normalized spacial score (nSPS) is 37.6. The first-order valence-corrected chi connectivity index (χ1v) is 18.3. The van der Waals surface area contributed by atoms with E-state index < -0.39 is 70.2 Å². The number of benzene rings is 2. The van der Waals surface area contributed by atoms with E-state index in [-0.39, 0.29) is 17.5 Å². The van der Waals surface area contributed by atoms with Crippen molar-refractivity contribution >= 4 is 56.6 Å². The molecule has 4 amide bonds. The minimum absolute atomic E-state index is 0.0945. The van der Waals surface area contributed by atoms with Crippen LogP contribution in [0.3, 0.4) is 0 Å². The van der Waals surface area contributed by atoms with Crippen LogP contribution in [-0.4, -0.2) is 121 Å². The van der Waals surface area contributed by atoms with Gasteiger partial charge in [0.15, 0.2) is 4.87 Å². The molecule has 8 rings (SSSR count). The number of aliphatic hydroxyl groups excluding tert-OH is 2. The number of anilines is 2. The fourth-order valence-electron chi connectivity index (χ4n) is 9.48. The average Bonchev–Trinajstić information content (AvgIpc) is 3.74. The van der Waals surface area contributed by atoms with Crippen molar-refractivity contribution in [1.82, 2.24) is 19.6 Å². The fraction of sp³-hybridized carbons (Fsp3) is 0.455. The van der Waals surface area contributed by atoms with E-state index in [2.05, 4.69) is 10.6 Å². The lowest BCUT2D eigenvalue weighted by Gasteiger charge is -2.52. The number of likely N-dealkylation sites (N-methyl/N-ethyl adjacent to an activating group) is 2. The molecular formula is C33H36N6O7S2. The minimum atomic E-state index is -2.76. The summed E-state index contributed by atoms with van der Waals surface area (Å²) in [6.45, 7) is 3.09. The van der Waals surface area contributed by atoms with Gasteiger partial charge in [-0.15, -0.1) is 0 Å². The Morgan fingerprint density at radius 3 is 2.15 bits per heavy atom. The molecule has 0 radical (unpaired) electrons. The smallest absolute Gasteiger partial charge is 0.279 e. The third-order valence-corrected chi connectivity index (χ3v) is 14.1. The molecule has 13 nitrogen and oxygen atoms in total. The Labute approximate surface area is 284 Å². The SMILES string of the molecule is CSS[C@@]1(C(C)C)C(=O)N2C(=C[C@]3([C@]45c6ccccc6N[C@H]4N4C(=O)[C@H](CO)N(C)C(=O)[C@@]4(O)[C@H]5O)c4ccccc4N[C@H]23)C(=O)N1C. The minimum Gasteiger partial charge on any atom is -0.394 e. The predicted molar refractivity (Wildman–Crippen MR) is 179 cm³/mol. The Kier molecular flexibility index (Phi) is 6.50. The van der Waals surface area contributed by atoms with E-state index in [0.29, 0.717) is 22.5 Å². The third-order valence-electron chi connectivity index (χ3n) is 11.5. The van der Waals surface area contributed by atoms with E-state index in [1.807, 2.05) is 44.4 Å². The molecule has 48 heavy (non-hydrogen) atoms. The van der Waals surface area contributed by atoms with E-state index >= 15 is 4.79 Å². The molecule has 3 fully saturated rings. The number of para-hydroxylation sites is 2. The first-order valence-electron chi connectivity index (χ1n) is 15.7. The first kappa shape index (κ1) is 31.5. The molecule has 5 N–H and O–H groups in total. The lowest BCUT2D eigenvalue weighted by Crippen LogP contribution is -2.73. The van der Waals surface area contributed by atoms with Crippen LogP contribution in [0.15, 0.2) is 60.3 Å². The van der Waals surface area contributed by atoms with Gasteiger partial charge in [-0.1, -0.05) is 71.8 Å². The van der Waals surface area contributed by atoms with E-state index in [1.54, 1.807) is 37.4 Å². The van der Waals surface area contributed by atoms with Crippen LogP contribution in [0.2, 0.25) is 0 Å². The molecule has 0 spiro atoms. The van der Waals surface area contributed by atoms with Crippen molar-refractivity contribution in [2.24, 2.45) is 5.92 Å². The molecule has 0 bridgehead atoms. The van der Waals surface area contributed by atoms with Crippen LogP contribution in [-0.2, 0) is 30.0 Å². The Balaban J connectivity index is 1.47. The fourth-order valence-corrected chi connectivity index (χ4v) is 12.2. The Morgan fingerprint density at radius 2 is 1.52 bits per heavy atom. The monoisotopic (exact) mass is 692 g/mol. The summed E-state index contributed by atoms with van der Waals surface area (Å²) < 4.78 is 0. The molecule has 252 valence electrons. The van der Waals surface area contributed by atoms with Gasteiger partial charge in [-0.2, -0.15) is 0 Å². The number of fused-ring (bicyclic) bond motifs is 11. The number of nitrogens with zero attached hydrogens (tertiary/aromatic N) is 4. The molecule has 0 aromatic heterocycles. The number of hydrogen-bond donors (Lipinski definition) is 5. The molecule has 0 saturated carbocycles. The zero-order valence-electron chi connectivity index (χ0n) is 26.9. The second kappa shape index (κ2) is 9.91. The number of carbonyl (C=O) groups is 4. The molecule has 8 atom stereocenters. The number of piperazine rings is 2. The van der Waals surface area contributed by atoms with Gasteiger partial charge in [0.2, 0.25) is 0 Å². The van der Waals surface area contributed by atoms with E-state index in [1.165, 1.54) is 38.4 Å². The van der Waals surface area contributed by atoms with E-state index in [9.17, 15) is 29.7 Å². The van der Waals surface area contributed by atoms with E-state index in [4.69, 9.17) is 0 Å². The van der Waals surface area contributed by atoms with Gasteiger partial charge in [-0.05, 0) is 41.5 Å². The average molecular weight is 693 g/mol. The van der Waals surface area contributed by atoms with Gasteiger partial charge in [-0.25, -0.2) is 0 Å². The summed E-state index contributed by atoms with van der Waals surface area (Å²) in [6, 6.07) is 13.1. The van der Waals surface area contributed by atoms with Crippen molar-refractivity contribution in [2.75, 3.05) is 37.6 Å². The summed E-state index contributed by atoms with van der Waals surface area (Å²) >= 11 is 0. The summed E-state index contributed by atoms with van der Waals surface area (Å²) in [5.41, 5.74) is -3.65. The highest BCUT2D eigenvalue weighted by molar-refractivity contribution is 8.77. The van der Waals surface area contributed by atoms with Gasteiger partial charge in [0.25, 0.3) is 29.4 Å². The molecule has 15 heteroatoms. The molecule has 2 aromatic rings. The molecule has 2 aromatic carbocycles. The van der Waals surface area contributed by atoms with Crippen LogP contribution in [0.5, 0.6) is 0 Å². The lowest BCUT2D eigenvalue weighted by atomic mass is 9.54. The van der Waals surface area contributed by atoms with Gasteiger partial charge >= 0.3 is 0 Å². The Bertz CT molecular complexity index is 1860. The molecule has 0 aliphatic carbocycles. The number of aliphatic hydroxyl groups is 3. The number of rotatable bonds is 5. The second-order valence-corrected chi connectivity index (χ2v) is 16.2. The standard InChI is InChI=1S/C33H36N6O7S2/c1-16(2)33(48-47-5)29(45)38-21(23(41)37(33)4)14-30(17-10-6-8-12-19(17)34-26(30)38)31-18-11-7-9-13-20(18)35-27(31)39-24(42)22(15-40)36(3)28(44)32(39,46)25(31)43/h6-14,16,22,25-27,34-35,40,43,46H,15H2,1-5H3/t22-,25-,26+,27-,30-,31-,32-,33-/m0/s1. The number of nitrogens with one attached hydrogen (secondary N) is 2. The molecule has 3 saturated heterocycles. The highest BCUT2D eigenvalue weighted by Crippen LogP contribution is 2.70. The van der Waals surface area contributed by atoms with Gasteiger partial charge in [0, 0.05) is 25.5 Å². The van der Waals surface area contributed by atoms with Gasteiger partial charge in [0.1, 0.15) is 30.2 Å². The summed E-state index contributed by atoms with van der Waals surface area (Å²) in [5, 5.41) is 42.5. The zero-order valence-corrected chi connectivity index (χ0v) is 28.5. The largest absolute Gasteiger partial charge is 0.394 e. The van der Waals surface area contributed by atoms with Crippen LogP contribution in [0.4, 0.5) is 11.4 Å². The van der Waals surface area contributed by atoms with Crippen molar-refractivity contribution in [3.05, 3.63) is 71.4 Å². The molecule has 0 unspecified atom stereocenters. The van der Waals surface area contributed by atoms with Crippen LogP contribution in [0.25, 0.3) is 0 Å². The maximum atomic E-state index is 15.1. The van der Waals surface area contributed by atoms with Gasteiger partial charge in [0.05, 0.1) is 17.4 Å². The zero-order chi connectivity index (χ0) is 34.3. The molecule has 6 aliphatic rings. The highest BCUT2D eigenvalue weighted by atomic mass is 33.1. The number of hydrogen-bond acceptors (Lipinski definition) is 11. The maximum absolute atomic E-state index is 15.1. The van der Waals surface area contributed by atoms with Crippen LogP contribution < -0.4 is 10.6 Å². The quantitative estimate of drug-likeness (QED) is 0.280. The van der Waals surface area contributed by atoms with Crippen molar-refractivity contribution in [3.63, 3.8) is 0 Å². The van der Waals surface area contributed by atoms with Crippen molar-refractivity contribution in [1.29, 1.82) is 0 Å². The maximum Gasteiger partial charge on any atom is 0.279 e. The second-order valence-electron chi connectivity index (χ2n) is 13.5. The molecule has 6 aliphatic heterocycles. The predicted octanol–water partition coefficient (Wildman–Crippen LogP) is 0.652. The van der Waals surface area contributed by atoms with E-state index in [0.717, 1.165) is 9.80 Å². The summed E-state index contributed by atoms with van der Waals surface area (Å²) in [7, 11) is 5.60. The van der Waals surface area contributed by atoms with Crippen LogP contribution >= 0.6 is 21.6 Å². The van der Waals surface area contributed by atoms with Crippen molar-refractivity contribution in [2.45, 2.75) is 59.8 Å². The van der Waals surface area contributed by atoms with Crippen LogP contribution in [0.1, 0.15) is 25.0 Å². The van der Waals surface area contributed by atoms with Gasteiger partial charge in [-0.3, -0.25) is 29.0 Å². The Hall–Kier alpha value is -3.76. The summed E-state index contributed by atoms with van der Waals surface area (Å²) in [4.78, 5) is 61.6.